The lowest BCUT2D eigenvalue weighted by atomic mass is 10.00. The fourth-order valence-electron chi connectivity index (χ4n) is 5.54. The van der Waals surface area contributed by atoms with Crippen LogP contribution < -0.4 is 0 Å². The van der Waals surface area contributed by atoms with E-state index < -0.39 is 7.37 Å². The first kappa shape index (κ1) is 25.5. The maximum absolute atomic E-state index is 14.0. The highest BCUT2D eigenvalue weighted by Gasteiger charge is 2.42. The van der Waals surface area contributed by atoms with Crippen molar-refractivity contribution in [1.29, 1.82) is 0 Å². The van der Waals surface area contributed by atoms with Crippen LogP contribution in [0.15, 0.2) is 0 Å². The summed E-state index contributed by atoms with van der Waals surface area (Å²) < 4.78 is 20.4. The van der Waals surface area contributed by atoms with Crippen LogP contribution in [0.1, 0.15) is 148 Å². The van der Waals surface area contributed by atoms with Gasteiger partial charge in [0.25, 0.3) is 0 Å². The van der Waals surface area contributed by atoms with Gasteiger partial charge in [-0.1, -0.05) is 116 Å². The third kappa shape index (κ3) is 9.90. The Hall–Kier alpha value is 0.190. The molecule has 0 saturated heterocycles. The summed E-state index contributed by atoms with van der Waals surface area (Å²) in [6.45, 7) is 3.04. The minimum absolute atomic E-state index is 0.386. The topological polar surface area (TPSA) is 26.3 Å². The summed E-state index contributed by atoms with van der Waals surface area (Å²) in [4.78, 5) is 0. The van der Waals surface area contributed by atoms with Crippen LogP contribution in [0.4, 0.5) is 0 Å². The molecule has 0 aliphatic heterocycles. The van der Waals surface area contributed by atoms with E-state index in [4.69, 9.17) is 4.52 Å². The van der Waals surface area contributed by atoms with Crippen molar-refractivity contribution in [3.63, 3.8) is 0 Å². The lowest BCUT2D eigenvalue weighted by Gasteiger charge is -2.37. The van der Waals surface area contributed by atoms with Crippen LogP contribution >= 0.6 is 7.37 Å². The Kier molecular flexibility index (Phi) is 14.0. The standard InChI is InChI=1S/C26H51O2P/c1-2-3-4-5-6-7-8-9-10-11-12-19-24-28-29(27,25-20-15-13-16-21-25)26-22-17-14-18-23-26/h25-26H,2-24H2,1H3. The average molecular weight is 427 g/mol. The number of rotatable bonds is 16. The Morgan fingerprint density at radius 3 is 1.38 bits per heavy atom. The third-order valence-corrected chi connectivity index (χ3v) is 11.1. The lowest BCUT2D eigenvalue weighted by molar-refractivity contribution is 0.273. The summed E-state index contributed by atoms with van der Waals surface area (Å²) in [5, 5.41) is 0. The summed E-state index contributed by atoms with van der Waals surface area (Å²) in [7, 11) is -2.45. The van der Waals surface area contributed by atoms with Crippen LogP contribution in [0.5, 0.6) is 0 Å². The highest BCUT2D eigenvalue weighted by atomic mass is 31.2. The molecule has 0 atom stereocenters. The molecule has 2 saturated carbocycles. The molecule has 0 N–H and O–H groups in total. The van der Waals surface area contributed by atoms with Gasteiger partial charge in [-0.15, -0.1) is 0 Å². The molecule has 2 aliphatic carbocycles. The van der Waals surface area contributed by atoms with E-state index in [2.05, 4.69) is 6.92 Å². The molecule has 172 valence electrons. The predicted octanol–water partition coefficient (Wildman–Crippen LogP) is 9.65. The van der Waals surface area contributed by atoms with E-state index in [9.17, 15) is 4.57 Å². The highest BCUT2D eigenvalue weighted by molar-refractivity contribution is 7.60. The Morgan fingerprint density at radius 2 is 0.966 bits per heavy atom. The molecule has 0 bridgehead atoms. The van der Waals surface area contributed by atoms with Crippen molar-refractivity contribution in [2.24, 2.45) is 0 Å². The van der Waals surface area contributed by atoms with E-state index in [0.29, 0.717) is 11.3 Å². The second-order valence-electron chi connectivity index (χ2n) is 9.95. The molecule has 0 heterocycles. The van der Waals surface area contributed by atoms with Gasteiger partial charge in [0.15, 0.2) is 0 Å². The Labute approximate surface area is 182 Å². The van der Waals surface area contributed by atoms with Gasteiger partial charge < -0.3 is 4.52 Å². The molecular weight excluding hydrogens is 375 g/mol. The average Bonchev–Trinajstić information content (AvgIpc) is 2.78. The molecule has 0 amide bonds. The molecule has 3 heteroatoms. The van der Waals surface area contributed by atoms with Gasteiger partial charge in [-0.3, -0.25) is 4.57 Å². The Bertz CT molecular complexity index is 402. The summed E-state index contributed by atoms with van der Waals surface area (Å²) in [6, 6.07) is 0. The molecule has 0 aromatic carbocycles. The molecule has 2 aliphatic rings. The molecule has 0 aromatic rings. The lowest BCUT2D eigenvalue weighted by Crippen LogP contribution is -2.25. The van der Waals surface area contributed by atoms with Crippen molar-refractivity contribution in [3.05, 3.63) is 0 Å². The minimum atomic E-state index is -2.45. The van der Waals surface area contributed by atoms with E-state index >= 15 is 0 Å². The van der Waals surface area contributed by atoms with Crippen molar-refractivity contribution >= 4 is 7.37 Å². The van der Waals surface area contributed by atoms with Gasteiger partial charge in [0, 0.05) is 11.3 Å². The normalized spacial score (nSPS) is 19.6. The van der Waals surface area contributed by atoms with Crippen LogP contribution in [-0.4, -0.2) is 17.9 Å². The van der Waals surface area contributed by atoms with E-state index in [1.807, 2.05) is 0 Å². The molecule has 0 aromatic heterocycles. The molecule has 29 heavy (non-hydrogen) atoms. The van der Waals surface area contributed by atoms with Crippen LogP contribution in [0.2, 0.25) is 0 Å². The first-order valence-electron chi connectivity index (χ1n) is 13.5. The van der Waals surface area contributed by atoms with Crippen LogP contribution in [0, 0.1) is 0 Å². The number of unbranched alkanes of at least 4 members (excludes halogenated alkanes) is 11. The largest absolute Gasteiger partial charge is 0.328 e. The van der Waals surface area contributed by atoms with Gasteiger partial charge in [0.05, 0.1) is 6.61 Å². The highest BCUT2D eigenvalue weighted by Crippen LogP contribution is 2.63. The van der Waals surface area contributed by atoms with Gasteiger partial charge >= 0.3 is 0 Å². The maximum Gasteiger partial charge on any atom is 0.209 e. The number of hydrogen-bond acceptors (Lipinski definition) is 2. The van der Waals surface area contributed by atoms with Gasteiger partial charge in [0.2, 0.25) is 7.37 Å². The molecule has 0 spiro atoms. The molecule has 2 fully saturated rings. The monoisotopic (exact) mass is 426 g/mol. The second-order valence-corrected chi connectivity index (χ2v) is 13.0. The first-order valence-corrected chi connectivity index (χ1v) is 15.3. The number of hydrogen-bond donors (Lipinski definition) is 0. The summed E-state index contributed by atoms with van der Waals surface area (Å²) in [5.41, 5.74) is 0.772. The van der Waals surface area contributed by atoms with Crippen molar-refractivity contribution in [2.75, 3.05) is 6.61 Å². The van der Waals surface area contributed by atoms with Gasteiger partial charge in [-0.25, -0.2) is 0 Å². The molecule has 2 rings (SSSR count). The smallest absolute Gasteiger partial charge is 0.209 e. The fourth-order valence-corrected chi connectivity index (χ4v) is 9.14. The van der Waals surface area contributed by atoms with Crippen LogP contribution in [-0.2, 0) is 9.09 Å². The molecular formula is C26H51O2P. The summed E-state index contributed by atoms with van der Waals surface area (Å²) in [5.74, 6) is 0. The van der Waals surface area contributed by atoms with Crippen molar-refractivity contribution in [1.82, 2.24) is 0 Å². The summed E-state index contributed by atoms with van der Waals surface area (Å²) in [6.07, 6.45) is 28.8. The zero-order valence-electron chi connectivity index (χ0n) is 19.7. The Morgan fingerprint density at radius 1 is 0.586 bits per heavy atom. The maximum atomic E-state index is 14.0. The zero-order valence-corrected chi connectivity index (χ0v) is 20.6. The van der Waals surface area contributed by atoms with Gasteiger partial charge in [0.1, 0.15) is 0 Å². The van der Waals surface area contributed by atoms with Gasteiger partial charge in [-0.2, -0.15) is 0 Å². The predicted molar refractivity (Wildman–Crippen MR) is 128 cm³/mol. The molecule has 2 nitrogen and oxygen atoms in total. The van der Waals surface area contributed by atoms with Crippen LogP contribution in [0.3, 0.4) is 0 Å². The first-order chi connectivity index (χ1) is 14.3. The minimum Gasteiger partial charge on any atom is -0.328 e. The van der Waals surface area contributed by atoms with E-state index in [1.165, 1.54) is 109 Å². The van der Waals surface area contributed by atoms with Gasteiger partial charge in [-0.05, 0) is 32.1 Å². The third-order valence-electron chi connectivity index (χ3n) is 7.46. The quantitative estimate of drug-likeness (QED) is 0.181. The van der Waals surface area contributed by atoms with Crippen molar-refractivity contribution in [3.8, 4) is 0 Å². The molecule has 0 unspecified atom stereocenters. The SMILES string of the molecule is CCCCCCCCCCCCCCOP(=O)(C1CCCCC1)C1CCCCC1. The molecule has 0 radical (unpaired) electrons. The van der Waals surface area contributed by atoms with Crippen molar-refractivity contribution in [2.45, 2.75) is 159 Å². The van der Waals surface area contributed by atoms with Crippen molar-refractivity contribution < 1.29 is 9.09 Å². The second kappa shape index (κ2) is 15.9. The zero-order chi connectivity index (χ0) is 20.6. The van der Waals surface area contributed by atoms with E-state index in [-0.39, 0.29) is 0 Å². The van der Waals surface area contributed by atoms with Crippen LogP contribution in [0.25, 0.3) is 0 Å². The van der Waals surface area contributed by atoms with E-state index in [1.54, 1.807) is 0 Å². The fraction of sp³-hybridized carbons (Fsp3) is 1.00. The van der Waals surface area contributed by atoms with E-state index in [0.717, 1.165) is 38.7 Å². The Balaban J connectivity index is 1.55. The summed E-state index contributed by atoms with van der Waals surface area (Å²) >= 11 is 0.